The number of benzene rings is 2. The molecule has 1 aliphatic rings. The molecule has 4 heteroatoms. The van der Waals surface area contributed by atoms with Gasteiger partial charge in [-0.25, -0.2) is 0 Å². The highest BCUT2D eigenvalue weighted by molar-refractivity contribution is 6.06. The van der Waals surface area contributed by atoms with Crippen LogP contribution in [0.2, 0.25) is 0 Å². The lowest BCUT2D eigenvalue weighted by Crippen LogP contribution is -2.33. The Kier molecular flexibility index (Phi) is 3.45. The number of hydrogen-bond acceptors (Lipinski definition) is 2. The van der Waals surface area contributed by atoms with Gasteiger partial charge in [0, 0.05) is 18.3 Å². The van der Waals surface area contributed by atoms with Gasteiger partial charge in [0.1, 0.15) is 0 Å². The van der Waals surface area contributed by atoms with Gasteiger partial charge in [0.2, 0.25) is 11.8 Å². The van der Waals surface area contributed by atoms with Crippen molar-refractivity contribution in [2.45, 2.75) is 25.7 Å². The molecule has 0 bridgehead atoms. The summed E-state index contributed by atoms with van der Waals surface area (Å²) in [5, 5.41) is 5.69. The second-order valence-corrected chi connectivity index (χ2v) is 5.89. The van der Waals surface area contributed by atoms with E-state index in [1.165, 1.54) is 6.92 Å². The third-order valence-corrected chi connectivity index (χ3v) is 4.10. The minimum atomic E-state index is -0.563. The van der Waals surface area contributed by atoms with E-state index in [0.717, 1.165) is 22.5 Å². The van der Waals surface area contributed by atoms with E-state index in [4.69, 9.17) is 0 Å². The molecule has 1 atom stereocenters. The van der Waals surface area contributed by atoms with Crippen molar-refractivity contribution in [2.24, 2.45) is 0 Å². The van der Waals surface area contributed by atoms with Gasteiger partial charge in [-0.1, -0.05) is 30.3 Å². The van der Waals surface area contributed by atoms with Crippen molar-refractivity contribution in [3.8, 4) is 0 Å². The molecule has 0 spiro atoms. The van der Waals surface area contributed by atoms with Crippen LogP contribution in [0.5, 0.6) is 0 Å². The molecule has 4 nitrogen and oxygen atoms in total. The zero-order valence-corrected chi connectivity index (χ0v) is 12.6. The Morgan fingerprint density at radius 3 is 2.50 bits per heavy atom. The molecule has 0 saturated heterocycles. The summed E-state index contributed by atoms with van der Waals surface area (Å²) >= 11 is 0. The van der Waals surface area contributed by atoms with Crippen LogP contribution in [0.3, 0.4) is 0 Å². The Labute approximate surface area is 129 Å². The van der Waals surface area contributed by atoms with Crippen LogP contribution in [0, 0.1) is 0 Å². The van der Waals surface area contributed by atoms with Crippen LogP contribution in [0.4, 0.5) is 11.4 Å². The summed E-state index contributed by atoms with van der Waals surface area (Å²) in [5.74, 6) is -0.0663. The lowest BCUT2D eigenvalue weighted by atomic mass is 9.78. The molecule has 22 heavy (non-hydrogen) atoms. The van der Waals surface area contributed by atoms with Crippen molar-refractivity contribution >= 4 is 23.2 Å². The molecule has 2 aromatic carbocycles. The smallest absolute Gasteiger partial charge is 0.235 e. The van der Waals surface area contributed by atoms with Gasteiger partial charge in [-0.15, -0.1) is 0 Å². The molecule has 3 rings (SSSR count). The standard InChI is InChI=1S/C18H18N2O2/c1-12(21)19-14-9-7-13(8-10-14)11-18(2)15-5-3-4-6-16(15)20-17(18)22/h3-10H,11H2,1-2H3,(H,19,21)(H,20,22). The Hall–Kier alpha value is -2.62. The van der Waals surface area contributed by atoms with E-state index in [2.05, 4.69) is 10.6 Å². The molecule has 0 aliphatic carbocycles. The van der Waals surface area contributed by atoms with E-state index < -0.39 is 5.41 Å². The Balaban J connectivity index is 1.86. The SMILES string of the molecule is CC(=O)Nc1ccc(CC2(C)C(=O)Nc3ccccc32)cc1. The molecule has 0 aromatic heterocycles. The average molecular weight is 294 g/mol. The number of nitrogens with one attached hydrogen (secondary N) is 2. The Morgan fingerprint density at radius 2 is 1.82 bits per heavy atom. The van der Waals surface area contributed by atoms with Gasteiger partial charge >= 0.3 is 0 Å². The van der Waals surface area contributed by atoms with Crippen molar-refractivity contribution in [3.63, 3.8) is 0 Å². The average Bonchev–Trinajstić information content (AvgIpc) is 2.73. The number of carbonyl (C=O) groups is 2. The first-order valence-electron chi connectivity index (χ1n) is 7.26. The number of para-hydroxylation sites is 1. The lowest BCUT2D eigenvalue weighted by molar-refractivity contribution is -0.120. The molecule has 2 N–H and O–H groups in total. The second kappa shape index (κ2) is 5.30. The minimum absolute atomic E-state index is 0.0274. The van der Waals surface area contributed by atoms with Crippen LogP contribution in [-0.2, 0) is 21.4 Å². The Morgan fingerprint density at radius 1 is 1.14 bits per heavy atom. The summed E-state index contributed by atoms with van der Waals surface area (Å²) in [5.41, 5.74) is 3.18. The number of rotatable bonds is 3. The molecular weight excluding hydrogens is 276 g/mol. The summed E-state index contributed by atoms with van der Waals surface area (Å²) in [6, 6.07) is 15.4. The van der Waals surface area contributed by atoms with Crippen molar-refractivity contribution in [2.75, 3.05) is 10.6 Å². The summed E-state index contributed by atoms with van der Waals surface area (Å²) in [6.45, 7) is 3.45. The van der Waals surface area contributed by atoms with Crippen LogP contribution in [0.15, 0.2) is 48.5 Å². The molecule has 112 valence electrons. The predicted octanol–water partition coefficient (Wildman–Crippen LogP) is 3.10. The van der Waals surface area contributed by atoms with E-state index in [-0.39, 0.29) is 11.8 Å². The highest BCUT2D eigenvalue weighted by atomic mass is 16.2. The van der Waals surface area contributed by atoms with Gasteiger partial charge in [-0.3, -0.25) is 9.59 Å². The fourth-order valence-corrected chi connectivity index (χ4v) is 2.95. The molecule has 0 fully saturated rings. The first kappa shape index (κ1) is 14.3. The highest BCUT2D eigenvalue weighted by Crippen LogP contribution is 2.39. The van der Waals surface area contributed by atoms with E-state index in [0.29, 0.717) is 6.42 Å². The monoisotopic (exact) mass is 294 g/mol. The van der Waals surface area contributed by atoms with Gasteiger partial charge in [0.25, 0.3) is 0 Å². The van der Waals surface area contributed by atoms with Crippen LogP contribution < -0.4 is 10.6 Å². The molecule has 0 saturated carbocycles. The predicted molar refractivity (Wildman–Crippen MR) is 86.9 cm³/mol. The van der Waals surface area contributed by atoms with Gasteiger partial charge in [0.15, 0.2) is 0 Å². The maximum atomic E-state index is 12.4. The number of anilines is 2. The van der Waals surface area contributed by atoms with Gasteiger partial charge in [-0.05, 0) is 42.7 Å². The third-order valence-electron chi connectivity index (χ3n) is 4.10. The van der Waals surface area contributed by atoms with Crippen molar-refractivity contribution in [1.29, 1.82) is 0 Å². The topological polar surface area (TPSA) is 58.2 Å². The van der Waals surface area contributed by atoms with E-state index in [1.54, 1.807) is 0 Å². The Bertz CT molecular complexity index is 737. The van der Waals surface area contributed by atoms with Gasteiger partial charge in [0.05, 0.1) is 5.41 Å². The van der Waals surface area contributed by atoms with Crippen LogP contribution >= 0.6 is 0 Å². The van der Waals surface area contributed by atoms with Crippen molar-refractivity contribution in [1.82, 2.24) is 0 Å². The summed E-state index contributed by atoms with van der Waals surface area (Å²) in [6.07, 6.45) is 0.621. The molecule has 1 unspecified atom stereocenters. The molecule has 2 aromatic rings. The highest BCUT2D eigenvalue weighted by Gasteiger charge is 2.42. The third kappa shape index (κ3) is 2.48. The van der Waals surface area contributed by atoms with E-state index >= 15 is 0 Å². The summed E-state index contributed by atoms with van der Waals surface area (Å²) in [7, 11) is 0. The molecular formula is C18H18N2O2. The zero-order valence-electron chi connectivity index (χ0n) is 12.6. The summed E-state index contributed by atoms with van der Waals surface area (Å²) < 4.78 is 0. The first-order chi connectivity index (χ1) is 10.5. The van der Waals surface area contributed by atoms with Gasteiger partial charge < -0.3 is 10.6 Å². The number of amides is 2. The largest absolute Gasteiger partial charge is 0.326 e. The number of fused-ring (bicyclic) bond motifs is 1. The fraction of sp³-hybridized carbons (Fsp3) is 0.222. The maximum Gasteiger partial charge on any atom is 0.235 e. The number of carbonyl (C=O) groups excluding carboxylic acids is 2. The maximum absolute atomic E-state index is 12.4. The molecule has 1 aliphatic heterocycles. The van der Waals surface area contributed by atoms with Gasteiger partial charge in [-0.2, -0.15) is 0 Å². The lowest BCUT2D eigenvalue weighted by Gasteiger charge is -2.22. The van der Waals surface area contributed by atoms with E-state index in [1.807, 2.05) is 55.5 Å². The van der Waals surface area contributed by atoms with Crippen LogP contribution in [0.25, 0.3) is 0 Å². The molecule has 1 heterocycles. The minimum Gasteiger partial charge on any atom is -0.326 e. The molecule has 0 radical (unpaired) electrons. The van der Waals surface area contributed by atoms with Crippen LogP contribution in [-0.4, -0.2) is 11.8 Å². The fourth-order valence-electron chi connectivity index (χ4n) is 2.95. The summed E-state index contributed by atoms with van der Waals surface area (Å²) in [4.78, 5) is 23.4. The van der Waals surface area contributed by atoms with Crippen LogP contribution in [0.1, 0.15) is 25.0 Å². The quantitative estimate of drug-likeness (QED) is 0.914. The normalized spacial score (nSPS) is 19.5. The zero-order chi connectivity index (χ0) is 15.7. The second-order valence-electron chi connectivity index (χ2n) is 5.89. The van der Waals surface area contributed by atoms with Crippen molar-refractivity contribution < 1.29 is 9.59 Å². The first-order valence-corrected chi connectivity index (χ1v) is 7.26. The van der Waals surface area contributed by atoms with Crippen molar-refractivity contribution in [3.05, 3.63) is 59.7 Å². The van der Waals surface area contributed by atoms with E-state index in [9.17, 15) is 9.59 Å². The number of hydrogen-bond donors (Lipinski definition) is 2. The molecule has 2 amide bonds.